The van der Waals surface area contributed by atoms with Gasteiger partial charge in [-0.2, -0.15) is 0 Å². The monoisotopic (exact) mass is 277 g/mol. The number of halogens is 1. The molecule has 1 unspecified atom stereocenters. The van der Waals surface area contributed by atoms with Gasteiger partial charge in [-0.1, -0.05) is 32.8 Å². The fourth-order valence-electron chi connectivity index (χ4n) is 3.83. The van der Waals surface area contributed by atoms with Gasteiger partial charge >= 0.3 is 0 Å². The summed E-state index contributed by atoms with van der Waals surface area (Å²) in [6.07, 6.45) is 7.59. The predicted molar refractivity (Wildman–Crippen MR) is 83.4 cm³/mol. The largest absolute Gasteiger partial charge is 0.309 e. The Balaban J connectivity index is 2.35. The zero-order chi connectivity index (χ0) is 14.6. The molecule has 0 bridgehead atoms. The highest BCUT2D eigenvalue weighted by molar-refractivity contribution is 5.31. The van der Waals surface area contributed by atoms with Crippen molar-refractivity contribution in [1.29, 1.82) is 0 Å². The highest BCUT2D eigenvalue weighted by Crippen LogP contribution is 2.50. The molecule has 20 heavy (non-hydrogen) atoms. The molecule has 1 aromatic carbocycles. The number of benzene rings is 1. The van der Waals surface area contributed by atoms with Crippen molar-refractivity contribution in [2.75, 3.05) is 6.54 Å². The van der Waals surface area contributed by atoms with Gasteiger partial charge in [0, 0.05) is 6.04 Å². The molecule has 0 aromatic heterocycles. The number of hydrogen-bond acceptors (Lipinski definition) is 1. The molecule has 1 aliphatic rings. The van der Waals surface area contributed by atoms with E-state index in [1.54, 1.807) is 12.1 Å². The van der Waals surface area contributed by atoms with Gasteiger partial charge in [-0.05, 0) is 67.8 Å². The molecule has 0 aliphatic heterocycles. The fraction of sp³-hybridized carbons (Fsp3) is 0.667. The van der Waals surface area contributed by atoms with Gasteiger partial charge in [0.2, 0.25) is 0 Å². The van der Waals surface area contributed by atoms with Crippen molar-refractivity contribution >= 4 is 0 Å². The van der Waals surface area contributed by atoms with Crippen molar-refractivity contribution in [2.24, 2.45) is 5.41 Å². The third-order valence-corrected chi connectivity index (χ3v) is 5.06. The van der Waals surface area contributed by atoms with Gasteiger partial charge in [0.05, 0.1) is 0 Å². The minimum absolute atomic E-state index is 0.127. The summed E-state index contributed by atoms with van der Waals surface area (Å²) in [4.78, 5) is 0. The Kier molecular flexibility index (Phi) is 5.20. The van der Waals surface area contributed by atoms with Gasteiger partial charge in [-0.15, -0.1) is 0 Å². The summed E-state index contributed by atoms with van der Waals surface area (Å²) in [7, 11) is 0. The number of hydrogen-bond donors (Lipinski definition) is 1. The predicted octanol–water partition coefficient (Wildman–Crippen LogP) is 5.15. The minimum atomic E-state index is -0.127. The van der Waals surface area contributed by atoms with Crippen LogP contribution in [0.15, 0.2) is 18.2 Å². The number of rotatable bonds is 6. The summed E-state index contributed by atoms with van der Waals surface area (Å²) >= 11 is 0. The Morgan fingerprint density at radius 1 is 1.25 bits per heavy atom. The number of aryl methyl sites for hydroxylation is 1. The van der Waals surface area contributed by atoms with Crippen LogP contribution in [0.1, 0.15) is 69.5 Å². The summed E-state index contributed by atoms with van der Waals surface area (Å²) in [5.74, 6) is -0.127. The van der Waals surface area contributed by atoms with E-state index in [1.165, 1.54) is 37.7 Å². The van der Waals surface area contributed by atoms with Crippen LogP contribution in [-0.2, 0) is 0 Å². The van der Waals surface area contributed by atoms with Gasteiger partial charge in [0.15, 0.2) is 0 Å². The van der Waals surface area contributed by atoms with Crippen molar-refractivity contribution in [2.45, 2.75) is 65.3 Å². The molecular formula is C18H28FN. The molecule has 2 rings (SSSR count). The maximum absolute atomic E-state index is 13.4. The normalized spacial score (nSPS) is 19.2. The Hall–Kier alpha value is -0.890. The molecule has 1 aliphatic carbocycles. The van der Waals surface area contributed by atoms with Crippen molar-refractivity contribution in [3.05, 3.63) is 35.1 Å². The highest BCUT2D eigenvalue weighted by atomic mass is 19.1. The summed E-state index contributed by atoms with van der Waals surface area (Å²) in [5, 5.41) is 3.76. The van der Waals surface area contributed by atoms with Crippen LogP contribution in [0.3, 0.4) is 0 Å². The van der Waals surface area contributed by atoms with Crippen molar-refractivity contribution in [1.82, 2.24) is 5.32 Å². The third-order valence-electron chi connectivity index (χ3n) is 5.06. The first-order chi connectivity index (χ1) is 9.63. The van der Waals surface area contributed by atoms with Crippen LogP contribution in [0.2, 0.25) is 0 Å². The van der Waals surface area contributed by atoms with Crippen molar-refractivity contribution in [3.8, 4) is 0 Å². The Labute approximate surface area is 123 Å². The molecule has 0 saturated heterocycles. The quantitative estimate of drug-likeness (QED) is 0.758. The lowest BCUT2D eigenvalue weighted by molar-refractivity contribution is 0.186. The average molecular weight is 277 g/mol. The highest BCUT2D eigenvalue weighted by Gasteiger charge is 2.40. The second-order valence-corrected chi connectivity index (χ2v) is 6.31. The average Bonchev–Trinajstić information content (AvgIpc) is 2.91. The van der Waals surface area contributed by atoms with E-state index >= 15 is 0 Å². The van der Waals surface area contributed by atoms with Crippen LogP contribution >= 0.6 is 0 Å². The first kappa shape index (κ1) is 15.5. The van der Waals surface area contributed by atoms with Gasteiger partial charge < -0.3 is 5.32 Å². The topological polar surface area (TPSA) is 12.0 Å². The smallest absolute Gasteiger partial charge is 0.123 e. The van der Waals surface area contributed by atoms with Gasteiger partial charge in [0.1, 0.15) is 5.82 Å². The SMILES string of the molecule is CCCNC(c1ccc(F)cc1C)C1(CC)CCCC1. The van der Waals surface area contributed by atoms with Crippen molar-refractivity contribution < 1.29 is 4.39 Å². The molecular weight excluding hydrogens is 249 g/mol. The molecule has 0 heterocycles. The van der Waals surface area contributed by atoms with Crippen LogP contribution in [0.25, 0.3) is 0 Å². The van der Waals surface area contributed by atoms with E-state index in [0.29, 0.717) is 11.5 Å². The van der Waals surface area contributed by atoms with Crippen LogP contribution in [0, 0.1) is 18.2 Å². The fourth-order valence-corrected chi connectivity index (χ4v) is 3.83. The van der Waals surface area contributed by atoms with Crippen LogP contribution in [0.5, 0.6) is 0 Å². The Morgan fingerprint density at radius 3 is 2.50 bits per heavy atom. The first-order valence-electron chi connectivity index (χ1n) is 8.12. The molecule has 0 amide bonds. The molecule has 1 fully saturated rings. The van der Waals surface area contributed by atoms with Gasteiger partial charge in [-0.25, -0.2) is 4.39 Å². The van der Waals surface area contributed by atoms with E-state index in [4.69, 9.17) is 0 Å². The molecule has 0 spiro atoms. The maximum Gasteiger partial charge on any atom is 0.123 e. The molecule has 1 saturated carbocycles. The summed E-state index contributed by atoms with van der Waals surface area (Å²) in [6.45, 7) is 7.58. The summed E-state index contributed by atoms with van der Waals surface area (Å²) < 4.78 is 13.4. The molecule has 2 heteroatoms. The van der Waals surface area contributed by atoms with Crippen LogP contribution < -0.4 is 5.32 Å². The standard InChI is InChI=1S/C18H28FN/c1-4-12-20-17(18(5-2)10-6-7-11-18)16-9-8-15(19)13-14(16)3/h8-9,13,17,20H,4-7,10-12H2,1-3H3. The Bertz CT molecular complexity index is 435. The Morgan fingerprint density at radius 2 is 1.95 bits per heavy atom. The molecule has 112 valence electrons. The molecule has 1 aromatic rings. The molecule has 0 radical (unpaired) electrons. The molecule has 1 nitrogen and oxygen atoms in total. The van der Waals surface area contributed by atoms with E-state index in [9.17, 15) is 4.39 Å². The van der Waals surface area contributed by atoms with Gasteiger partial charge in [-0.3, -0.25) is 0 Å². The van der Waals surface area contributed by atoms with E-state index in [-0.39, 0.29) is 5.82 Å². The lowest BCUT2D eigenvalue weighted by Crippen LogP contribution is -2.37. The molecule has 1 N–H and O–H groups in total. The zero-order valence-corrected chi connectivity index (χ0v) is 13.1. The summed E-state index contributed by atoms with van der Waals surface area (Å²) in [5.41, 5.74) is 2.74. The van der Waals surface area contributed by atoms with Gasteiger partial charge in [0.25, 0.3) is 0 Å². The van der Waals surface area contributed by atoms with Crippen molar-refractivity contribution in [3.63, 3.8) is 0 Å². The van der Waals surface area contributed by atoms with E-state index in [1.807, 2.05) is 13.0 Å². The molecule has 1 atom stereocenters. The van der Waals surface area contributed by atoms with Crippen LogP contribution in [0.4, 0.5) is 4.39 Å². The lowest BCUT2D eigenvalue weighted by Gasteiger charge is -2.39. The zero-order valence-electron chi connectivity index (χ0n) is 13.1. The second kappa shape index (κ2) is 6.71. The summed E-state index contributed by atoms with van der Waals surface area (Å²) in [6, 6.07) is 5.65. The van der Waals surface area contributed by atoms with Crippen LogP contribution in [-0.4, -0.2) is 6.54 Å². The maximum atomic E-state index is 13.4. The number of nitrogens with one attached hydrogen (secondary N) is 1. The lowest BCUT2D eigenvalue weighted by atomic mass is 9.72. The van der Waals surface area contributed by atoms with E-state index in [0.717, 1.165) is 18.5 Å². The minimum Gasteiger partial charge on any atom is -0.309 e. The third kappa shape index (κ3) is 3.06. The van der Waals surface area contributed by atoms with E-state index < -0.39 is 0 Å². The first-order valence-corrected chi connectivity index (χ1v) is 8.12. The van der Waals surface area contributed by atoms with E-state index in [2.05, 4.69) is 19.2 Å². The second-order valence-electron chi connectivity index (χ2n) is 6.31.